The molecule has 1 N–H and O–H groups in total. The average Bonchev–Trinajstić information content (AvgIpc) is 2.61. The number of nitrogens with one attached hydrogen (secondary N) is 1. The summed E-state index contributed by atoms with van der Waals surface area (Å²) in [4.78, 5) is 40.1. The van der Waals surface area contributed by atoms with Crippen LogP contribution in [0.2, 0.25) is 0 Å². The van der Waals surface area contributed by atoms with E-state index in [2.05, 4.69) is 15.0 Å². The molecule has 1 amide bonds. The zero-order chi connectivity index (χ0) is 16.8. The maximum atomic E-state index is 11.4. The first-order valence-electron chi connectivity index (χ1n) is 6.92. The Labute approximate surface area is 133 Å². The summed E-state index contributed by atoms with van der Waals surface area (Å²) in [7, 11) is 2.49. The van der Waals surface area contributed by atoms with Crippen LogP contribution in [0.1, 0.15) is 6.42 Å². The van der Waals surface area contributed by atoms with Crippen molar-refractivity contribution in [2.75, 3.05) is 37.5 Å². The summed E-state index contributed by atoms with van der Waals surface area (Å²) in [5.74, 6) is -1.42. The van der Waals surface area contributed by atoms with Crippen molar-refractivity contribution < 1.29 is 23.9 Å². The number of amides is 1. The Balaban J connectivity index is 1.98. The van der Waals surface area contributed by atoms with Crippen LogP contribution in [0.5, 0.6) is 0 Å². The van der Waals surface area contributed by atoms with E-state index in [9.17, 15) is 14.4 Å². The zero-order valence-corrected chi connectivity index (χ0v) is 12.9. The molecule has 0 fully saturated rings. The summed E-state index contributed by atoms with van der Waals surface area (Å²) in [6.45, 7) is 1.19. The third-order valence-electron chi connectivity index (χ3n) is 3.36. The summed E-state index contributed by atoms with van der Waals surface area (Å²) in [5, 5.41) is 2.38. The van der Waals surface area contributed by atoms with E-state index < -0.39 is 11.9 Å². The third-order valence-corrected chi connectivity index (χ3v) is 3.36. The maximum Gasteiger partial charge on any atom is 0.396 e. The third kappa shape index (κ3) is 4.06. The van der Waals surface area contributed by atoms with Gasteiger partial charge in [-0.2, -0.15) is 0 Å². The fourth-order valence-electron chi connectivity index (χ4n) is 2.12. The van der Waals surface area contributed by atoms with E-state index in [1.807, 2.05) is 11.0 Å². The van der Waals surface area contributed by atoms with Crippen LogP contribution in [0, 0.1) is 0 Å². The number of nitrogens with zero attached hydrogens (tertiary/aromatic N) is 2. The number of anilines is 2. The quantitative estimate of drug-likeness (QED) is 0.640. The molecular formula is C15H17N3O5. The number of esters is 2. The van der Waals surface area contributed by atoms with Crippen LogP contribution in [-0.2, 0) is 23.9 Å². The molecule has 0 saturated heterocycles. The molecule has 2 heterocycles. The minimum absolute atomic E-state index is 0.307. The van der Waals surface area contributed by atoms with Gasteiger partial charge in [-0.3, -0.25) is 4.79 Å². The first-order valence-corrected chi connectivity index (χ1v) is 6.92. The first-order chi connectivity index (χ1) is 11.0. The van der Waals surface area contributed by atoms with Gasteiger partial charge in [0.1, 0.15) is 5.82 Å². The van der Waals surface area contributed by atoms with Gasteiger partial charge in [0.05, 0.1) is 26.1 Å². The van der Waals surface area contributed by atoms with Crippen molar-refractivity contribution in [3.8, 4) is 0 Å². The van der Waals surface area contributed by atoms with E-state index in [1.165, 1.54) is 13.3 Å². The zero-order valence-electron chi connectivity index (χ0n) is 12.9. The lowest BCUT2D eigenvalue weighted by Crippen LogP contribution is -2.31. The number of methoxy groups -OCH3 is 2. The highest BCUT2D eigenvalue weighted by Gasteiger charge is 2.18. The van der Waals surface area contributed by atoms with Gasteiger partial charge in [0.2, 0.25) is 0 Å². The van der Waals surface area contributed by atoms with Gasteiger partial charge in [-0.1, -0.05) is 6.08 Å². The van der Waals surface area contributed by atoms with Gasteiger partial charge < -0.3 is 19.7 Å². The Morgan fingerprint density at radius 1 is 1.22 bits per heavy atom. The van der Waals surface area contributed by atoms with Crippen LogP contribution < -0.4 is 10.2 Å². The van der Waals surface area contributed by atoms with Crippen LogP contribution in [0.4, 0.5) is 11.5 Å². The molecule has 0 aliphatic carbocycles. The van der Waals surface area contributed by atoms with Crippen LogP contribution in [-0.4, -0.2) is 50.1 Å². The van der Waals surface area contributed by atoms with Crippen molar-refractivity contribution in [3.63, 3.8) is 0 Å². The Hall–Kier alpha value is -2.90. The Kier molecular flexibility index (Phi) is 5.29. The molecule has 122 valence electrons. The number of hydrogen-bond donors (Lipinski definition) is 1. The number of hydrogen-bond acceptors (Lipinski definition) is 7. The van der Waals surface area contributed by atoms with Gasteiger partial charge in [0, 0.05) is 18.7 Å². The van der Waals surface area contributed by atoms with Crippen molar-refractivity contribution in [1.82, 2.24) is 4.98 Å². The molecular weight excluding hydrogens is 302 g/mol. The SMILES string of the molecule is COC(=O)C(=O)Nc1ccc(N2CC=C(C(=O)OC)CC2)nc1. The predicted molar refractivity (Wildman–Crippen MR) is 81.8 cm³/mol. The van der Waals surface area contributed by atoms with Gasteiger partial charge in [0.25, 0.3) is 0 Å². The molecule has 1 aliphatic heterocycles. The van der Waals surface area contributed by atoms with Gasteiger partial charge in [0.15, 0.2) is 0 Å². The summed E-state index contributed by atoms with van der Waals surface area (Å²) in [6.07, 6.45) is 3.84. The highest BCUT2D eigenvalue weighted by atomic mass is 16.5. The van der Waals surface area contributed by atoms with Crippen molar-refractivity contribution in [2.24, 2.45) is 0 Å². The Morgan fingerprint density at radius 3 is 2.52 bits per heavy atom. The van der Waals surface area contributed by atoms with E-state index in [0.29, 0.717) is 36.6 Å². The van der Waals surface area contributed by atoms with Crippen LogP contribution in [0.25, 0.3) is 0 Å². The smallest absolute Gasteiger partial charge is 0.396 e. The molecule has 1 aromatic heterocycles. The highest BCUT2D eigenvalue weighted by Crippen LogP contribution is 2.19. The molecule has 8 heteroatoms. The Bertz CT molecular complexity index is 639. The minimum atomic E-state index is -0.967. The van der Waals surface area contributed by atoms with Crippen molar-refractivity contribution >= 4 is 29.4 Å². The molecule has 2 rings (SSSR count). The molecule has 0 unspecified atom stereocenters. The van der Waals surface area contributed by atoms with E-state index in [1.54, 1.807) is 12.1 Å². The van der Waals surface area contributed by atoms with Gasteiger partial charge in [-0.15, -0.1) is 0 Å². The van der Waals surface area contributed by atoms with Gasteiger partial charge in [-0.25, -0.2) is 14.6 Å². The normalized spacial score (nSPS) is 13.8. The molecule has 1 aromatic rings. The Morgan fingerprint density at radius 2 is 2.00 bits per heavy atom. The monoisotopic (exact) mass is 319 g/mol. The molecule has 0 radical (unpaired) electrons. The van der Waals surface area contributed by atoms with Crippen molar-refractivity contribution in [2.45, 2.75) is 6.42 Å². The minimum Gasteiger partial charge on any atom is -0.466 e. The van der Waals surface area contributed by atoms with Crippen LogP contribution >= 0.6 is 0 Å². The number of carbonyl (C=O) groups is 3. The number of rotatable bonds is 3. The summed E-state index contributed by atoms with van der Waals surface area (Å²) < 4.78 is 9.01. The van der Waals surface area contributed by atoms with E-state index in [4.69, 9.17) is 4.74 Å². The van der Waals surface area contributed by atoms with Crippen molar-refractivity contribution in [3.05, 3.63) is 30.0 Å². The lowest BCUT2D eigenvalue weighted by Gasteiger charge is -2.26. The molecule has 23 heavy (non-hydrogen) atoms. The number of aromatic nitrogens is 1. The van der Waals surface area contributed by atoms with Gasteiger partial charge >= 0.3 is 17.8 Å². The predicted octanol–water partition coefficient (Wildman–Crippen LogP) is 0.503. The highest BCUT2D eigenvalue weighted by molar-refractivity contribution is 6.37. The number of pyridine rings is 1. The number of carbonyl (C=O) groups excluding carboxylic acids is 3. The topological polar surface area (TPSA) is 97.8 Å². The second-order valence-corrected chi connectivity index (χ2v) is 4.77. The molecule has 0 atom stereocenters. The lowest BCUT2D eigenvalue weighted by atomic mass is 10.1. The molecule has 0 aromatic carbocycles. The molecule has 1 aliphatic rings. The summed E-state index contributed by atoms with van der Waals surface area (Å²) in [5.41, 5.74) is 1.05. The largest absolute Gasteiger partial charge is 0.466 e. The molecule has 0 saturated carbocycles. The molecule has 8 nitrogen and oxygen atoms in total. The van der Waals surface area contributed by atoms with Crippen LogP contribution in [0.15, 0.2) is 30.0 Å². The first kappa shape index (κ1) is 16.5. The number of ether oxygens (including phenoxy) is 2. The fraction of sp³-hybridized carbons (Fsp3) is 0.333. The standard InChI is InChI=1S/C15H17N3O5/c1-22-14(20)10-5-7-18(8-6-10)12-4-3-11(9-16-12)17-13(19)15(21)23-2/h3-5,9H,6-8H2,1-2H3,(H,17,19). The maximum absolute atomic E-state index is 11.4. The van der Waals surface area contributed by atoms with Crippen LogP contribution in [0.3, 0.4) is 0 Å². The van der Waals surface area contributed by atoms with Crippen molar-refractivity contribution in [1.29, 1.82) is 0 Å². The van der Waals surface area contributed by atoms with E-state index >= 15 is 0 Å². The van der Waals surface area contributed by atoms with E-state index in [0.717, 1.165) is 7.11 Å². The second-order valence-electron chi connectivity index (χ2n) is 4.77. The van der Waals surface area contributed by atoms with Gasteiger partial charge in [-0.05, 0) is 18.6 Å². The van der Waals surface area contributed by atoms with E-state index in [-0.39, 0.29) is 5.97 Å². The lowest BCUT2D eigenvalue weighted by molar-refractivity contribution is -0.150. The molecule has 0 spiro atoms. The summed E-state index contributed by atoms with van der Waals surface area (Å²) >= 11 is 0. The second kappa shape index (κ2) is 7.39. The average molecular weight is 319 g/mol. The summed E-state index contributed by atoms with van der Waals surface area (Å²) in [6, 6.07) is 3.37. The fourth-order valence-corrected chi connectivity index (χ4v) is 2.12. The molecule has 0 bridgehead atoms.